The van der Waals surface area contributed by atoms with E-state index in [9.17, 15) is 4.79 Å². The van der Waals surface area contributed by atoms with Crippen LogP contribution in [0.4, 0.5) is 0 Å². The summed E-state index contributed by atoms with van der Waals surface area (Å²) >= 11 is 0. The van der Waals surface area contributed by atoms with Gasteiger partial charge in [0.2, 0.25) is 5.78 Å². The number of nitrogens with one attached hydrogen (secondary N) is 1. The maximum Gasteiger partial charge on any atom is 0.251 e. The SMILES string of the molecule is CC(C)(C)c1nc2ncccn2c1-c1ccc(C(=O)N[C@@H]2CCOC2)cc1. The third kappa shape index (κ3) is 3.45. The monoisotopic (exact) mass is 364 g/mol. The lowest BCUT2D eigenvalue weighted by atomic mass is 9.89. The van der Waals surface area contributed by atoms with Gasteiger partial charge in [0.1, 0.15) is 0 Å². The lowest BCUT2D eigenvalue weighted by Gasteiger charge is -2.18. The number of hydrogen-bond acceptors (Lipinski definition) is 4. The molecular formula is C21H24N4O2. The van der Waals surface area contributed by atoms with Crippen LogP contribution >= 0.6 is 0 Å². The number of aromatic nitrogens is 3. The standard InChI is InChI=1S/C21H24N4O2/c1-21(2,3)18-17(25-11-4-10-22-20(25)24-18)14-5-7-15(8-6-14)19(26)23-16-9-12-27-13-16/h4-8,10-11,16H,9,12-13H2,1-3H3,(H,23,26)/t16-/m1/s1. The van der Waals surface area contributed by atoms with Gasteiger partial charge in [-0.2, -0.15) is 0 Å². The molecule has 4 rings (SSSR count). The molecule has 0 radical (unpaired) electrons. The molecule has 0 spiro atoms. The summed E-state index contributed by atoms with van der Waals surface area (Å²) < 4.78 is 7.32. The number of nitrogens with zero attached hydrogens (tertiary/aromatic N) is 3. The zero-order chi connectivity index (χ0) is 19.0. The molecule has 1 aliphatic rings. The van der Waals surface area contributed by atoms with E-state index in [1.807, 2.05) is 40.9 Å². The molecule has 27 heavy (non-hydrogen) atoms. The topological polar surface area (TPSA) is 68.5 Å². The van der Waals surface area contributed by atoms with Crippen LogP contribution < -0.4 is 5.32 Å². The third-order valence-corrected chi connectivity index (χ3v) is 4.80. The van der Waals surface area contributed by atoms with Crippen LogP contribution in [-0.2, 0) is 10.2 Å². The van der Waals surface area contributed by atoms with E-state index >= 15 is 0 Å². The molecule has 1 atom stereocenters. The predicted octanol–water partition coefficient (Wildman–Crippen LogP) is 3.21. The first kappa shape index (κ1) is 17.7. The smallest absolute Gasteiger partial charge is 0.251 e. The van der Waals surface area contributed by atoms with Crippen LogP contribution in [-0.4, -0.2) is 39.5 Å². The maximum absolute atomic E-state index is 12.4. The summed E-state index contributed by atoms with van der Waals surface area (Å²) in [6.07, 6.45) is 4.59. The molecule has 3 aromatic rings. The van der Waals surface area contributed by atoms with E-state index in [-0.39, 0.29) is 17.4 Å². The van der Waals surface area contributed by atoms with Crippen LogP contribution in [0.5, 0.6) is 0 Å². The quantitative estimate of drug-likeness (QED) is 0.775. The minimum Gasteiger partial charge on any atom is -0.379 e. The van der Waals surface area contributed by atoms with Crippen LogP contribution in [0.3, 0.4) is 0 Å². The summed E-state index contributed by atoms with van der Waals surface area (Å²) in [5, 5.41) is 3.02. The Balaban J connectivity index is 1.68. The Hall–Kier alpha value is -2.73. The number of hydrogen-bond donors (Lipinski definition) is 1. The second-order valence-corrected chi connectivity index (χ2v) is 7.96. The van der Waals surface area contributed by atoms with E-state index in [2.05, 4.69) is 31.1 Å². The summed E-state index contributed by atoms with van der Waals surface area (Å²) in [6.45, 7) is 7.73. The molecule has 140 valence electrons. The third-order valence-electron chi connectivity index (χ3n) is 4.80. The summed E-state index contributed by atoms with van der Waals surface area (Å²) in [5.74, 6) is 0.619. The van der Waals surface area contributed by atoms with E-state index in [1.165, 1.54) is 0 Å². The van der Waals surface area contributed by atoms with Gasteiger partial charge in [-0.05, 0) is 24.6 Å². The average molecular weight is 364 g/mol. The van der Waals surface area contributed by atoms with Crippen LogP contribution in [0.15, 0.2) is 42.7 Å². The Morgan fingerprint density at radius 3 is 2.70 bits per heavy atom. The molecule has 1 aliphatic heterocycles. The summed E-state index contributed by atoms with van der Waals surface area (Å²) in [7, 11) is 0. The molecule has 0 aliphatic carbocycles. The first-order valence-electron chi connectivity index (χ1n) is 9.26. The number of amides is 1. The molecular weight excluding hydrogens is 340 g/mol. The fourth-order valence-electron chi connectivity index (χ4n) is 3.38. The minimum atomic E-state index is -0.123. The lowest BCUT2D eigenvalue weighted by molar-refractivity contribution is 0.0930. The second kappa shape index (κ2) is 6.78. The van der Waals surface area contributed by atoms with Crippen molar-refractivity contribution in [3.63, 3.8) is 0 Å². The van der Waals surface area contributed by atoms with Crippen LogP contribution in [0.25, 0.3) is 17.0 Å². The van der Waals surface area contributed by atoms with Crippen molar-refractivity contribution in [2.45, 2.75) is 38.6 Å². The largest absolute Gasteiger partial charge is 0.379 e. The highest BCUT2D eigenvalue weighted by Crippen LogP contribution is 2.33. The van der Waals surface area contributed by atoms with E-state index in [0.29, 0.717) is 24.6 Å². The zero-order valence-electron chi connectivity index (χ0n) is 15.9. The normalized spacial score (nSPS) is 17.4. The molecule has 2 aromatic heterocycles. The summed E-state index contributed by atoms with van der Waals surface area (Å²) in [6, 6.07) is 9.69. The van der Waals surface area contributed by atoms with Crippen molar-refractivity contribution in [2.75, 3.05) is 13.2 Å². The van der Waals surface area contributed by atoms with E-state index in [4.69, 9.17) is 9.72 Å². The van der Waals surface area contributed by atoms with Crippen molar-refractivity contribution in [3.8, 4) is 11.3 Å². The van der Waals surface area contributed by atoms with E-state index < -0.39 is 0 Å². The highest BCUT2D eigenvalue weighted by atomic mass is 16.5. The Kier molecular flexibility index (Phi) is 4.44. The Morgan fingerprint density at radius 1 is 1.26 bits per heavy atom. The molecule has 1 aromatic carbocycles. The molecule has 0 unspecified atom stereocenters. The fraction of sp³-hybridized carbons (Fsp3) is 0.381. The zero-order valence-corrected chi connectivity index (χ0v) is 15.9. The van der Waals surface area contributed by atoms with Crippen LogP contribution in [0.1, 0.15) is 43.2 Å². The Bertz CT molecular complexity index is 964. The molecule has 1 N–H and O–H groups in total. The molecule has 1 fully saturated rings. The number of ether oxygens (including phenoxy) is 1. The molecule has 1 saturated heterocycles. The highest BCUT2D eigenvalue weighted by molar-refractivity contribution is 5.95. The lowest BCUT2D eigenvalue weighted by Crippen LogP contribution is -2.34. The van der Waals surface area contributed by atoms with Gasteiger partial charge < -0.3 is 10.1 Å². The van der Waals surface area contributed by atoms with Gasteiger partial charge in [0.15, 0.2) is 0 Å². The van der Waals surface area contributed by atoms with Gasteiger partial charge in [0, 0.05) is 35.5 Å². The second-order valence-electron chi connectivity index (χ2n) is 7.96. The maximum atomic E-state index is 12.4. The molecule has 6 heteroatoms. The van der Waals surface area contributed by atoms with Crippen molar-refractivity contribution in [3.05, 3.63) is 54.0 Å². The van der Waals surface area contributed by atoms with Gasteiger partial charge >= 0.3 is 0 Å². The molecule has 0 saturated carbocycles. The van der Waals surface area contributed by atoms with Gasteiger partial charge in [-0.1, -0.05) is 32.9 Å². The van der Waals surface area contributed by atoms with Crippen LogP contribution in [0, 0.1) is 0 Å². The van der Waals surface area contributed by atoms with Crippen molar-refractivity contribution in [2.24, 2.45) is 0 Å². The van der Waals surface area contributed by atoms with E-state index in [0.717, 1.165) is 23.4 Å². The van der Waals surface area contributed by atoms with Crippen molar-refractivity contribution in [1.82, 2.24) is 19.7 Å². The number of rotatable bonds is 3. The number of carbonyl (C=O) groups excluding carboxylic acids is 1. The van der Waals surface area contributed by atoms with Crippen LogP contribution in [0.2, 0.25) is 0 Å². The number of benzene rings is 1. The first-order valence-corrected chi connectivity index (χ1v) is 9.26. The average Bonchev–Trinajstić information content (AvgIpc) is 3.28. The molecule has 0 bridgehead atoms. The number of carbonyl (C=O) groups is 1. The first-order chi connectivity index (χ1) is 12.9. The number of imidazole rings is 1. The van der Waals surface area contributed by atoms with Gasteiger partial charge in [-0.3, -0.25) is 9.20 Å². The molecule has 6 nitrogen and oxygen atoms in total. The summed E-state index contributed by atoms with van der Waals surface area (Å²) in [4.78, 5) is 21.6. The predicted molar refractivity (Wildman–Crippen MR) is 104 cm³/mol. The van der Waals surface area contributed by atoms with Crippen molar-refractivity contribution in [1.29, 1.82) is 0 Å². The Morgan fingerprint density at radius 2 is 2.04 bits per heavy atom. The van der Waals surface area contributed by atoms with Gasteiger partial charge in [0.05, 0.1) is 24.0 Å². The van der Waals surface area contributed by atoms with Crippen molar-refractivity contribution < 1.29 is 9.53 Å². The van der Waals surface area contributed by atoms with Gasteiger partial charge in [0.25, 0.3) is 5.91 Å². The Labute approximate surface area is 158 Å². The highest BCUT2D eigenvalue weighted by Gasteiger charge is 2.25. The molecule has 1 amide bonds. The van der Waals surface area contributed by atoms with Gasteiger partial charge in [-0.15, -0.1) is 0 Å². The fourth-order valence-corrected chi connectivity index (χ4v) is 3.38. The summed E-state index contributed by atoms with van der Waals surface area (Å²) in [5.41, 5.74) is 3.54. The van der Waals surface area contributed by atoms with Crippen molar-refractivity contribution >= 4 is 11.7 Å². The minimum absolute atomic E-state index is 0.0621. The number of fused-ring (bicyclic) bond motifs is 1. The molecule has 3 heterocycles. The van der Waals surface area contributed by atoms with E-state index in [1.54, 1.807) is 6.20 Å². The van der Waals surface area contributed by atoms with Gasteiger partial charge in [-0.25, -0.2) is 9.97 Å².